The van der Waals surface area contributed by atoms with Crippen molar-refractivity contribution in [3.63, 3.8) is 0 Å². The van der Waals surface area contributed by atoms with Gasteiger partial charge in [0, 0.05) is 18.9 Å². The van der Waals surface area contributed by atoms with Gasteiger partial charge in [-0.05, 0) is 24.6 Å². The fraction of sp³-hybridized carbons (Fsp3) is 0.353. The third-order valence-electron chi connectivity index (χ3n) is 4.35. The van der Waals surface area contributed by atoms with Gasteiger partial charge in [0.05, 0.1) is 11.6 Å². The summed E-state index contributed by atoms with van der Waals surface area (Å²) in [6, 6.07) is 11.0. The highest BCUT2D eigenvalue weighted by molar-refractivity contribution is 5.77. The molecule has 7 heteroatoms. The number of carbonyl (C=O) groups excluding carboxylic acids is 1. The summed E-state index contributed by atoms with van der Waals surface area (Å²) in [5, 5.41) is 16.7. The first kappa shape index (κ1) is 16.4. The first-order chi connectivity index (χ1) is 11.6. The number of aliphatic hydroxyl groups excluding tert-OH is 1. The summed E-state index contributed by atoms with van der Waals surface area (Å²) in [4.78, 5) is 27.8. The number of benzene rings is 1. The van der Waals surface area contributed by atoms with Gasteiger partial charge in [-0.1, -0.05) is 30.3 Å². The number of amides is 1. The molecule has 1 aromatic heterocycles. The van der Waals surface area contributed by atoms with Crippen molar-refractivity contribution in [2.75, 3.05) is 13.1 Å². The highest BCUT2D eigenvalue weighted by Gasteiger charge is 2.42. The van der Waals surface area contributed by atoms with Crippen LogP contribution in [0.25, 0.3) is 0 Å². The minimum Gasteiger partial charge on any atom is -0.389 e. The molecule has 24 heavy (non-hydrogen) atoms. The summed E-state index contributed by atoms with van der Waals surface area (Å²) < 4.78 is 1.24. The molecule has 1 aromatic carbocycles. The van der Waals surface area contributed by atoms with E-state index in [9.17, 15) is 14.7 Å². The molecule has 0 radical (unpaired) electrons. The minimum absolute atomic E-state index is 0.137. The van der Waals surface area contributed by atoms with Gasteiger partial charge in [-0.2, -0.15) is 0 Å². The average molecular weight is 328 g/mol. The molecule has 1 fully saturated rings. The largest absolute Gasteiger partial charge is 0.389 e. The molecule has 2 atom stereocenters. The molecule has 1 aliphatic heterocycles. The molecule has 0 spiro atoms. The van der Waals surface area contributed by atoms with E-state index in [1.165, 1.54) is 17.0 Å². The van der Waals surface area contributed by atoms with Gasteiger partial charge < -0.3 is 15.7 Å². The maximum atomic E-state index is 12.5. The number of hydrogen-bond donors (Lipinski definition) is 3. The molecule has 126 valence electrons. The molecule has 2 aromatic rings. The van der Waals surface area contributed by atoms with Crippen LogP contribution in [0.4, 0.5) is 0 Å². The number of aromatic nitrogens is 2. The number of hydrogen-bond acceptors (Lipinski definition) is 5. The summed E-state index contributed by atoms with van der Waals surface area (Å²) in [7, 11) is 0. The Morgan fingerprint density at radius 2 is 2.17 bits per heavy atom. The van der Waals surface area contributed by atoms with E-state index >= 15 is 0 Å². The van der Waals surface area contributed by atoms with Gasteiger partial charge in [-0.3, -0.25) is 9.36 Å². The Labute approximate surface area is 139 Å². The fourth-order valence-electron chi connectivity index (χ4n) is 3.11. The van der Waals surface area contributed by atoms with Crippen LogP contribution < -0.4 is 16.3 Å². The molecule has 3 rings (SSSR count). The summed E-state index contributed by atoms with van der Waals surface area (Å²) in [5.41, 5.74) is -0.492. The van der Waals surface area contributed by atoms with E-state index in [0.29, 0.717) is 19.5 Å². The normalized spacial score (nSPS) is 23.6. The molecular weight excluding hydrogens is 308 g/mol. The van der Waals surface area contributed by atoms with Crippen molar-refractivity contribution in [2.45, 2.75) is 24.6 Å². The monoisotopic (exact) mass is 328 g/mol. The Morgan fingerprint density at radius 1 is 1.38 bits per heavy atom. The van der Waals surface area contributed by atoms with Gasteiger partial charge in [-0.15, -0.1) is 0 Å². The zero-order valence-corrected chi connectivity index (χ0v) is 13.2. The second kappa shape index (κ2) is 6.94. The zero-order valence-electron chi connectivity index (χ0n) is 13.2. The number of aliphatic hydroxyl groups is 1. The van der Waals surface area contributed by atoms with Gasteiger partial charge in [0.25, 0.3) is 0 Å². The fourth-order valence-corrected chi connectivity index (χ4v) is 3.11. The lowest BCUT2D eigenvalue weighted by atomic mass is 9.79. The Balaban J connectivity index is 1.86. The summed E-state index contributed by atoms with van der Waals surface area (Å²) in [6.45, 7) is 0.933. The molecule has 0 saturated carbocycles. The predicted octanol–water partition coefficient (Wildman–Crippen LogP) is -0.391. The second-order valence-electron chi connectivity index (χ2n) is 5.89. The van der Waals surface area contributed by atoms with E-state index in [1.807, 2.05) is 30.3 Å². The van der Waals surface area contributed by atoms with Crippen molar-refractivity contribution in [1.82, 2.24) is 20.2 Å². The number of nitrogens with zero attached hydrogens (tertiary/aromatic N) is 2. The van der Waals surface area contributed by atoms with Crippen molar-refractivity contribution < 1.29 is 9.90 Å². The van der Waals surface area contributed by atoms with Crippen LogP contribution in [0.3, 0.4) is 0 Å². The summed E-state index contributed by atoms with van der Waals surface area (Å²) >= 11 is 0. The van der Waals surface area contributed by atoms with Crippen LogP contribution >= 0.6 is 0 Å². The molecule has 3 N–H and O–H groups in total. The van der Waals surface area contributed by atoms with Crippen LogP contribution in [-0.2, 0) is 16.9 Å². The molecule has 1 amide bonds. The predicted molar refractivity (Wildman–Crippen MR) is 88.3 cm³/mol. The molecule has 0 aliphatic carbocycles. The van der Waals surface area contributed by atoms with Crippen LogP contribution in [0.15, 0.2) is 53.6 Å². The topological polar surface area (TPSA) is 96.2 Å². The van der Waals surface area contributed by atoms with Gasteiger partial charge in [0.15, 0.2) is 0 Å². The lowest BCUT2D eigenvalue weighted by Crippen LogP contribution is -2.61. The van der Waals surface area contributed by atoms with E-state index in [-0.39, 0.29) is 12.5 Å². The molecule has 2 heterocycles. The van der Waals surface area contributed by atoms with Crippen LogP contribution in [0.2, 0.25) is 0 Å². The Hall–Kier alpha value is -2.51. The lowest BCUT2D eigenvalue weighted by molar-refractivity contribution is -0.126. The van der Waals surface area contributed by atoms with Crippen molar-refractivity contribution in [1.29, 1.82) is 0 Å². The zero-order chi connectivity index (χ0) is 17.0. The summed E-state index contributed by atoms with van der Waals surface area (Å²) in [5.74, 6) is -0.338. The quantitative estimate of drug-likeness (QED) is 0.710. The molecule has 0 unspecified atom stereocenters. The van der Waals surface area contributed by atoms with Crippen LogP contribution in [0.1, 0.15) is 12.0 Å². The van der Waals surface area contributed by atoms with E-state index in [1.54, 1.807) is 6.07 Å². The average Bonchev–Trinajstić information content (AvgIpc) is 2.60. The third-order valence-corrected chi connectivity index (χ3v) is 4.35. The first-order valence-corrected chi connectivity index (χ1v) is 7.88. The van der Waals surface area contributed by atoms with Crippen molar-refractivity contribution in [3.8, 4) is 0 Å². The maximum Gasteiger partial charge on any atom is 0.347 e. The molecular formula is C17H20N4O3. The van der Waals surface area contributed by atoms with E-state index < -0.39 is 17.3 Å². The summed E-state index contributed by atoms with van der Waals surface area (Å²) in [6.07, 6.45) is 2.70. The SMILES string of the molecule is O=C(Cn1cccnc1=O)N[C@]1(c2ccccc2)CCNC[C@H]1O. The van der Waals surface area contributed by atoms with Crippen molar-refractivity contribution in [2.24, 2.45) is 0 Å². The van der Waals surface area contributed by atoms with Crippen molar-refractivity contribution in [3.05, 3.63) is 64.8 Å². The molecule has 7 nitrogen and oxygen atoms in total. The van der Waals surface area contributed by atoms with Gasteiger partial charge in [0.1, 0.15) is 6.54 Å². The molecule has 1 saturated heterocycles. The number of nitrogens with one attached hydrogen (secondary N) is 2. The van der Waals surface area contributed by atoms with Gasteiger partial charge in [0.2, 0.25) is 5.91 Å². The molecule has 1 aliphatic rings. The minimum atomic E-state index is -0.866. The maximum absolute atomic E-state index is 12.5. The smallest absolute Gasteiger partial charge is 0.347 e. The Kier molecular flexibility index (Phi) is 4.73. The van der Waals surface area contributed by atoms with Crippen molar-refractivity contribution >= 4 is 5.91 Å². The van der Waals surface area contributed by atoms with E-state index in [2.05, 4.69) is 15.6 Å². The highest BCUT2D eigenvalue weighted by atomic mass is 16.3. The second-order valence-corrected chi connectivity index (χ2v) is 5.89. The standard InChI is InChI=1S/C17H20N4O3/c22-14-11-18-9-7-17(14,13-5-2-1-3-6-13)20-15(23)12-21-10-4-8-19-16(21)24/h1-6,8,10,14,18,22H,7,9,11-12H2,(H,20,23)/t14-,17+/m1/s1. The van der Waals surface area contributed by atoms with Crippen LogP contribution in [0, 0.1) is 0 Å². The van der Waals surface area contributed by atoms with Crippen LogP contribution in [0.5, 0.6) is 0 Å². The van der Waals surface area contributed by atoms with E-state index in [0.717, 1.165) is 5.56 Å². The highest BCUT2D eigenvalue weighted by Crippen LogP contribution is 2.31. The number of carbonyl (C=O) groups is 1. The Morgan fingerprint density at radius 3 is 2.88 bits per heavy atom. The molecule has 0 bridgehead atoms. The third kappa shape index (κ3) is 3.22. The number of β-amino-alcohol motifs (C(OH)–C–C–N with tert-alkyl or cyclic N) is 1. The van der Waals surface area contributed by atoms with Crippen LogP contribution in [-0.4, -0.2) is 39.8 Å². The Bertz CT molecular complexity index is 762. The lowest BCUT2D eigenvalue weighted by Gasteiger charge is -2.43. The van der Waals surface area contributed by atoms with Gasteiger partial charge >= 0.3 is 5.69 Å². The van der Waals surface area contributed by atoms with Gasteiger partial charge in [-0.25, -0.2) is 9.78 Å². The number of rotatable bonds is 4. The number of piperidine rings is 1. The van der Waals surface area contributed by atoms with E-state index in [4.69, 9.17) is 0 Å². The first-order valence-electron chi connectivity index (χ1n) is 7.88.